The molecule has 0 bridgehead atoms. The molecule has 0 spiro atoms. The number of carbonyl (C=O) groups excluding carboxylic acids is 1. The van der Waals surface area contributed by atoms with Gasteiger partial charge in [0.25, 0.3) is 0 Å². The summed E-state index contributed by atoms with van der Waals surface area (Å²) in [4.78, 5) is 10.9. The number of unbranched alkanes of at least 4 members (excludes halogenated alkanes) is 5. The number of carbonyl (C=O) groups is 1. The van der Waals surface area contributed by atoms with Crippen LogP contribution >= 0.6 is 0 Å². The van der Waals surface area contributed by atoms with Gasteiger partial charge in [-0.05, 0) is 49.8 Å². The molecule has 0 aromatic heterocycles. The first-order valence-electron chi connectivity index (χ1n) is 10.4. The van der Waals surface area contributed by atoms with Crippen molar-refractivity contribution in [3.05, 3.63) is 29.8 Å². The van der Waals surface area contributed by atoms with Crippen molar-refractivity contribution in [1.82, 2.24) is 0 Å². The zero-order valence-corrected chi connectivity index (χ0v) is 17.3. The summed E-state index contributed by atoms with van der Waals surface area (Å²) in [6.07, 6.45) is 7.70. The second-order valence-corrected chi connectivity index (χ2v) is 6.73. The molecule has 0 heterocycles. The SMILES string of the molecule is COC(=O)CCCCCOCCOCCCCCCOc1cccc(CN)c1. The Bertz CT molecular complexity index is 509. The summed E-state index contributed by atoms with van der Waals surface area (Å²) in [5, 5.41) is 0. The average Bonchev–Trinajstić information content (AvgIpc) is 2.73. The van der Waals surface area contributed by atoms with Crippen molar-refractivity contribution in [2.45, 2.75) is 57.9 Å². The summed E-state index contributed by atoms with van der Waals surface area (Å²) >= 11 is 0. The first kappa shape index (κ1) is 24.4. The normalized spacial score (nSPS) is 10.8. The van der Waals surface area contributed by atoms with Crippen LogP contribution in [0, 0.1) is 0 Å². The largest absolute Gasteiger partial charge is 0.494 e. The fraction of sp³-hybridized carbons (Fsp3) is 0.682. The van der Waals surface area contributed by atoms with E-state index in [2.05, 4.69) is 4.74 Å². The van der Waals surface area contributed by atoms with E-state index in [0.717, 1.165) is 76.1 Å². The van der Waals surface area contributed by atoms with E-state index < -0.39 is 0 Å². The van der Waals surface area contributed by atoms with E-state index in [1.54, 1.807) is 0 Å². The van der Waals surface area contributed by atoms with Gasteiger partial charge in [0.2, 0.25) is 0 Å². The molecule has 0 unspecified atom stereocenters. The van der Waals surface area contributed by atoms with Crippen LogP contribution in [0.4, 0.5) is 0 Å². The van der Waals surface area contributed by atoms with Gasteiger partial charge in [-0.15, -0.1) is 0 Å². The monoisotopic (exact) mass is 395 g/mol. The van der Waals surface area contributed by atoms with Crippen molar-refractivity contribution in [1.29, 1.82) is 0 Å². The number of ether oxygens (including phenoxy) is 4. The number of benzene rings is 1. The molecule has 6 heteroatoms. The molecule has 0 saturated carbocycles. The molecule has 0 saturated heterocycles. The highest BCUT2D eigenvalue weighted by atomic mass is 16.5. The molecule has 1 rings (SSSR count). The quantitative estimate of drug-likeness (QED) is 0.300. The molecule has 2 N–H and O–H groups in total. The van der Waals surface area contributed by atoms with Crippen molar-refractivity contribution in [3.8, 4) is 5.75 Å². The summed E-state index contributed by atoms with van der Waals surface area (Å²) in [5.41, 5.74) is 6.72. The van der Waals surface area contributed by atoms with Crippen LogP contribution in [0.5, 0.6) is 5.75 Å². The molecule has 0 radical (unpaired) electrons. The molecule has 160 valence electrons. The molecule has 6 nitrogen and oxygen atoms in total. The lowest BCUT2D eigenvalue weighted by Crippen LogP contribution is -2.06. The zero-order valence-electron chi connectivity index (χ0n) is 17.3. The topological polar surface area (TPSA) is 80.0 Å². The number of hydrogen-bond acceptors (Lipinski definition) is 6. The van der Waals surface area contributed by atoms with Crippen LogP contribution in [0.1, 0.15) is 56.9 Å². The van der Waals surface area contributed by atoms with Crippen LogP contribution in [0.25, 0.3) is 0 Å². The van der Waals surface area contributed by atoms with Crippen LogP contribution in [0.2, 0.25) is 0 Å². The minimum Gasteiger partial charge on any atom is -0.494 e. The van der Waals surface area contributed by atoms with Gasteiger partial charge in [-0.3, -0.25) is 4.79 Å². The van der Waals surface area contributed by atoms with Gasteiger partial charge >= 0.3 is 5.97 Å². The standard InChI is InChI=1S/C22H37NO5/c1-25-22(24)12-5-4-7-14-27-17-16-26-13-6-2-3-8-15-28-21-11-9-10-20(18-21)19-23/h9-11,18H,2-8,12-17,19,23H2,1H3. The first-order chi connectivity index (χ1) is 13.8. The Morgan fingerprint density at radius 2 is 1.50 bits per heavy atom. The number of rotatable bonds is 18. The van der Waals surface area contributed by atoms with Crippen molar-refractivity contribution in [2.24, 2.45) is 5.73 Å². The maximum Gasteiger partial charge on any atom is 0.305 e. The van der Waals surface area contributed by atoms with E-state index in [4.69, 9.17) is 19.9 Å². The van der Waals surface area contributed by atoms with Crippen molar-refractivity contribution < 1.29 is 23.7 Å². The van der Waals surface area contributed by atoms with Crippen LogP contribution in [-0.2, 0) is 25.5 Å². The zero-order chi connectivity index (χ0) is 20.3. The summed E-state index contributed by atoms with van der Waals surface area (Å²) in [6.45, 7) is 4.05. The van der Waals surface area contributed by atoms with Gasteiger partial charge in [-0.2, -0.15) is 0 Å². The third-order valence-corrected chi connectivity index (χ3v) is 4.36. The second kappa shape index (κ2) is 17.5. The molecule has 28 heavy (non-hydrogen) atoms. The smallest absolute Gasteiger partial charge is 0.305 e. The Balaban J connectivity index is 1.78. The van der Waals surface area contributed by atoms with Gasteiger partial charge in [0.1, 0.15) is 5.75 Å². The highest BCUT2D eigenvalue weighted by Gasteiger charge is 1.99. The molecule has 1 aromatic carbocycles. The lowest BCUT2D eigenvalue weighted by atomic mass is 10.2. The fourth-order valence-electron chi connectivity index (χ4n) is 2.69. The summed E-state index contributed by atoms with van der Waals surface area (Å²) in [6, 6.07) is 7.95. The summed E-state index contributed by atoms with van der Waals surface area (Å²) in [7, 11) is 1.42. The second-order valence-electron chi connectivity index (χ2n) is 6.73. The van der Waals surface area contributed by atoms with E-state index in [1.807, 2.05) is 24.3 Å². The van der Waals surface area contributed by atoms with E-state index in [1.165, 1.54) is 7.11 Å². The van der Waals surface area contributed by atoms with Crippen LogP contribution in [0.15, 0.2) is 24.3 Å². The van der Waals surface area contributed by atoms with Crippen LogP contribution < -0.4 is 10.5 Å². The number of methoxy groups -OCH3 is 1. The van der Waals surface area contributed by atoms with E-state index in [0.29, 0.717) is 26.2 Å². The minimum absolute atomic E-state index is 0.140. The predicted molar refractivity (Wildman–Crippen MR) is 110 cm³/mol. The van der Waals surface area contributed by atoms with Crippen molar-refractivity contribution in [3.63, 3.8) is 0 Å². The number of hydrogen-bond donors (Lipinski definition) is 1. The van der Waals surface area contributed by atoms with Gasteiger partial charge in [0.05, 0.1) is 26.9 Å². The molecule has 0 aliphatic carbocycles. The highest BCUT2D eigenvalue weighted by molar-refractivity contribution is 5.68. The Morgan fingerprint density at radius 1 is 0.857 bits per heavy atom. The molecule has 0 aliphatic rings. The Morgan fingerprint density at radius 3 is 2.14 bits per heavy atom. The van der Waals surface area contributed by atoms with Gasteiger partial charge in [0.15, 0.2) is 0 Å². The van der Waals surface area contributed by atoms with E-state index in [9.17, 15) is 4.79 Å². The third kappa shape index (κ3) is 13.5. The lowest BCUT2D eigenvalue weighted by Gasteiger charge is -2.08. The Hall–Kier alpha value is -1.63. The van der Waals surface area contributed by atoms with Crippen molar-refractivity contribution in [2.75, 3.05) is 40.1 Å². The average molecular weight is 396 g/mol. The lowest BCUT2D eigenvalue weighted by molar-refractivity contribution is -0.140. The molecular formula is C22H37NO5. The van der Waals surface area contributed by atoms with Gasteiger partial charge < -0.3 is 24.7 Å². The Kier molecular flexibility index (Phi) is 15.2. The maximum atomic E-state index is 10.9. The maximum absolute atomic E-state index is 10.9. The third-order valence-electron chi connectivity index (χ3n) is 4.36. The molecule has 0 atom stereocenters. The van der Waals surface area contributed by atoms with E-state index >= 15 is 0 Å². The van der Waals surface area contributed by atoms with Gasteiger partial charge in [-0.1, -0.05) is 25.0 Å². The molecule has 0 aliphatic heterocycles. The van der Waals surface area contributed by atoms with Crippen molar-refractivity contribution >= 4 is 5.97 Å². The summed E-state index contributed by atoms with van der Waals surface area (Å²) in [5.74, 6) is 0.758. The van der Waals surface area contributed by atoms with Crippen LogP contribution in [0.3, 0.4) is 0 Å². The fourth-order valence-corrected chi connectivity index (χ4v) is 2.69. The minimum atomic E-state index is -0.140. The van der Waals surface area contributed by atoms with E-state index in [-0.39, 0.29) is 5.97 Å². The number of esters is 1. The van der Waals surface area contributed by atoms with Gasteiger partial charge in [-0.25, -0.2) is 0 Å². The molecule has 1 aromatic rings. The van der Waals surface area contributed by atoms with Gasteiger partial charge in [0, 0.05) is 26.2 Å². The first-order valence-corrected chi connectivity index (χ1v) is 10.4. The van der Waals surface area contributed by atoms with Crippen LogP contribution in [-0.4, -0.2) is 46.1 Å². The highest BCUT2D eigenvalue weighted by Crippen LogP contribution is 2.13. The Labute approximate surface area is 169 Å². The summed E-state index contributed by atoms with van der Waals surface area (Å²) < 4.78 is 21.4. The molecule has 0 amide bonds. The predicted octanol–water partition coefficient (Wildman–Crippen LogP) is 3.85. The molecule has 0 fully saturated rings. The molecular weight excluding hydrogens is 358 g/mol. The number of nitrogens with two attached hydrogens (primary N) is 1.